The molecule has 2 aromatic heterocycles. The fourth-order valence-electron chi connectivity index (χ4n) is 3.36. The Labute approximate surface area is 134 Å². The lowest BCUT2D eigenvalue weighted by molar-refractivity contribution is -0.128. The molecule has 0 spiro atoms. The Balaban J connectivity index is 1.39. The van der Waals surface area contributed by atoms with E-state index in [1.54, 1.807) is 11.3 Å². The number of anilines is 1. The van der Waals surface area contributed by atoms with Crippen LogP contribution in [0.5, 0.6) is 0 Å². The van der Waals surface area contributed by atoms with E-state index >= 15 is 0 Å². The molecule has 0 atom stereocenters. The predicted octanol–water partition coefficient (Wildman–Crippen LogP) is 3.18. The average molecular weight is 315 g/mol. The molecule has 0 radical (unpaired) electrons. The third kappa shape index (κ3) is 2.58. The SMILES string of the molecule is O=C(NC1CCN(c2nccc3sccc23)CC1)C1CCC1. The van der Waals surface area contributed by atoms with Crippen molar-refractivity contribution < 1.29 is 4.79 Å². The van der Waals surface area contributed by atoms with E-state index < -0.39 is 0 Å². The van der Waals surface area contributed by atoms with Gasteiger partial charge in [-0.3, -0.25) is 4.79 Å². The van der Waals surface area contributed by atoms with Crippen LogP contribution in [0.4, 0.5) is 5.82 Å². The summed E-state index contributed by atoms with van der Waals surface area (Å²) in [5.74, 6) is 1.67. The number of pyridine rings is 1. The van der Waals surface area contributed by atoms with Crippen molar-refractivity contribution in [2.75, 3.05) is 18.0 Å². The second-order valence-electron chi connectivity index (χ2n) is 6.36. The van der Waals surface area contributed by atoms with Gasteiger partial charge < -0.3 is 10.2 Å². The van der Waals surface area contributed by atoms with Crippen LogP contribution in [-0.2, 0) is 4.79 Å². The van der Waals surface area contributed by atoms with Crippen LogP contribution >= 0.6 is 11.3 Å². The van der Waals surface area contributed by atoms with Gasteiger partial charge in [0.15, 0.2) is 0 Å². The number of nitrogens with one attached hydrogen (secondary N) is 1. The molecular formula is C17H21N3OS. The van der Waals surface area contributed by atoms with Crippen LogP contribution in [0.3, 0.4) is 0 Å². The summed E-state index contributed by atoms with van der Waals surface area (Å²) in [7, 11) is 0. The first-order valence-electron chi connectivity index (χ1n) is 8.19. The smallest absolute Gasteiger partial charge is 0.223 e. The molecule has 4 nitrogen and oxygen atoms in total. The number of carbonyl (C=O) groups is 1. The van der Waals surface area contributed by atoms with Gasteiger partial charge in [-0.1, -0.05) is 6.42 Å². The van der Waals surface area contributed by atoms with Crippen molar-refractivity contribution >= 4 is 33.1 Å². The Kier molecular flexibility index (Phi) is 3.74. The third-order valence-electron chi connectivity index (χ3n) is 4.98. The Morgan fingerprint density at radius 1 is 1.23 bits per heavy atom. The summed E-state index contributed by atoms with van der Waals surface area (Å²) < 4.78 is 1.30. The fourth-order valence-corrected chi connectivity index (χ4v) is 4.13. The molecule has 1 N–H and O–H groups in total. The summed E-state index contributed by atoms with van der Waals surface area (Å²) in [6, 6.07) is 4.58. The van der Waals surface area contributed by atoms with Crippen LogP contribution in [0.1, 0.15) is 32.1 Å². The van der Waals surface area contributed by atoms with Gasteiger partial charge in [-0.05, 0) is 43.2 Å². The number of hydrogen-bond acceptors (Lipinski definition) is 4. The molecule has 0 aromatic carbocycles. The van der Waals surface area contributed by atoms with Crippen LogP contribution < -0.4 is 10.2 Å². The molecule has 5 heteroatoms. The number of amides is 1. The van der Waals surface area contributed by atoms with E-state index in [1.165, 1.54) is 16.5 Å². The number of hydrogen-bond donors (Lipinski definition) is 1. The molecule has 22 heavy (non-hydrogen) atoms. The van der Waals surface area contributed by atoms with Crippen molar-refractivity contribution in [1.29, 1.82) is 0 Å². The minimum Gasteiger partial charge on any atom is -0.356 e. The largest absolute Gasteiger partial charge is 0.356 e. The standard InChI is InChI=1S/C17H21N3OS/c21-17(12-2-1-3-12)19-13-5-9-20(10-6-13)16-14-7-11-22-15(14)4-8-18-16/h4,7-8,11-13H,1-3,5-6,9-10H2,(H,19,21). The molecule has 1 aliphatic carbocycles. The number of fused-ring (bicyclic) bond motifs is 1. The van der Waals surface area contributed by atoms with Gasteiger partial charge in [-0.2, -0.15) is 0 Å². The number of nitrogens with zero attached hydrogens (tertiary/aromatic N) is 2. The van der Waals surface area contributed by atoms with Crippen molar-refractivity contribution in [3.8, 4) is 0 Å². The highest BCUT2D eigenvalue weighted by atomic mass is 32.1. The van der Waals surface area contributed by atoms with Gasteiger partial charge in [0.25, 0.3) is 0 Å². The van der Waals surface area contributed by atoms with Crippen molar-refractivity contribution in [2.45, 2.75) is 38.1 Å². The Morgan fingerprint density at radius 3 is 2.77 bits per heavy atom. The van der Waals surface area contributed by atoms with Crippen LogP contribution in [-0.4, -0.2) is 30.0 Å². The normalized spacial score (nSPS) is 20.1. The minimum atomic E-state index is 0.280. The molecular weight excluding hydrogens is 294 g/mol. The van der Waals surface area contributed by atoms with Gasteiger partial charge in [0, 0.05) is 41.3 Å². The third-order valence-corrected chi connectivity index (χ3v) is 5.86. The molecule has 1 saturated carbocycles. The zero-order valence-electron chi connectivity index (χ0n) is 12.6. The number of aromatic nitrogens is 1. The highest BCUT2D eigenvalue weighted by molar-refractivity contribution is 7.17. The Bertz CT molecular complexity index is 671. The molecule has 116 valence electrons. The van der Waals surface area contributed by atoms with E-state index in [0.29, 0.717) is 12.0 Å². The predicted molar refractivity (Wildman–Crippen MR) is 90.3 cm³/mol. The zero-order valence-corrected chi connectivity index (χ0v) is 13.4. The lowest BCUT2D eigenvalue weighted by atomic mass is 9.84. The molecule has 0 unspecified atom stereocenters. The fraction of sp³-hybridized carbons (Fsp3) is 0.529. The van der Waals surface area contributed by atoms with Gasteiger partial charge >= 0.3 is 0 Å². The van der Waals surface area contributed by atoms with Crippen molar-refractivity contribution in [1.82, 2.24) is 10.3 Å². The summed E-state index contributed by atoms with van der Waals surface area (Å²) in [6.07, 6.45) is 7.30. The Morgan fingerprint density at radius 2 is 2.05 bits per heavy atom. The van der Waals surface area contributed by atoms with E-state index in [0.717, 1.165) is 44.6 Å². The first-order chi connectivity index (χ1) is 10.8. The highest BCUT2D eigenvalue weighted by Crippen LogP contribution is 2.30. The molecule has 3 heterocycles. The molecule has 2 aliphatic rings. The summed E-state index contributed by atoms with van der Waals surface area (Å²) in [6.45, 7) is 1.94. The minimum absolute atomic E-state index is 0.280. The maximum atomic E-state index is 12.0. The summed E-state index contributed by atoms with van der Waals surface area (Å²) >= 11 is 1.76. The topological polar surface area (TPSA) is 45.2 Å². The maximum absolute atomic E-state index is 12.0. The summed E-state index contributed by atoms with van der Waals surface area (Å²) in [5.41, 5.74) is 0. The van der Waals surface area contributed by atoms with Crippen LogP contribution in [0.25, 0.3) is 10.1 Å². The summed E-state index contributed by atoms with van der Waals surface area (Å²) in [5, 5.41) is 6.62. The van der Waals surface area contributed by atoms with E-state index in [1.807, 2.05) is 6.20 Å². The van der Waals surface area contributed by atoms with E-state index in [-0.39, 0.29) is 5.91 Å². The van der Waals surface area contributed by atoms with Gasteiger partial charge in [-0.25, -0.2) is 4.98 Å². The molecule has 4 rings (SSSR count). The first kappa shape index (κ1) is 14.0. The van der Waals surface area contributed by atoms with Gasteiger partial charge in [-0.15, -0.1) is 11.3 Å². The number of piperidine rings is 1. The molecule has 2 aromatic rings. The molecule has 1 saturated heterocycles. The maximum Gasteiger partial charge on any atom is 0.223 e. The quantitative estimate of drug-likeness (QED) is 0.946. The highest BCUT2D eigenvalue weighted by Gasteiger charge is 2.28. The van der Waals surface area contributed by atoms with E-state index in [9.17, 15) is 4.79 Å². The monoisotopic (exact) mass is 315 g/mol. The number of carbonyl (C=O) groups excluding carboxylic acids is 1. The molecule has 1 amide bonds. The van der Waals surface area contributed by atoms with Gasteiger partial charge in [0.1, 0.15) is 5.82 Å². The van der Waals surface area contributed by atoms with Crippen LogP contribution in [0.15, 0.2) is 23.7 Å². The molecule has 0 bridgehead atoms. The van der Waals surface area contributed by atoms with E-state index in [4.69, 9.17) is 0 Å². The van der Waals surface area contributed by atoms with Crippen LogP contribution in [0.2, 0.25) is 0 Å². The molecule has 2 fully saturated rings. The van der Waals surface area contributed by atoms with E-state index in [2.05, 4.69) is 32.7 Å². The lowest BCUT2D eigenvalue weighted by Crippen LogP contribution is -2.47. The van der Waals surface area contributed by atoms with Crippen molar-refractivity contribution in [3.05, 3.63) is 23.7 Å². The van der Waals surface area contributed by atoms with Crippen molar-refractivity contribution in [2.24, 2.45) is 5.92 Å². The van der Waals surface area contributed by atoms with Gasteiger partial charge in [0.2, 0.25) is 5.91 Å². The van der Waals surface area contributed by atoms with Crippen LogP contribution in [0, 0.1) is 5.92 Å². The first-order valence-corrected chi connectivity index (χ1v) is 9.07. The zero-order chi connectivity index (χ0) is 14.9. The average Bonchev–Trinajstić information content (AvgIpc) is 2.94. The number of rotatable bonds is 3. The second kappa shape index (κ2) is 5.88. The van der Waals surface area contributed by atoms with Gasteiger partial charge in [0.05, 0.1) is 0 Å². The second-order valence-corrected chi connectivity index (χ2v) is 7.31. The van der Waals surface area contributed by atoms with Crippen molar-refractivity contribution in [3.63, 3.8) is 0 Å². The molecule has 1 aliphatic heterocycles. The summed E-state index contributed by atoms with van der Waals surface area (Å²) in [4.78, 5) is 19.0. The number of thiophene rings is 1. The Hall–Kier alpha value is -1.62. The lowest BCUT2D eigenvalue weighted by Gasteiger charge is -2.35.